The van der Waals surface area contributed by atoms with Crippen LogP contribution in [0.25, 0.3) is 0 Å². The molecule has 0 bridgehead atoms. The van der Waals surface area contributed by atoms with Gasteiger partial charge in [0.05, 0.1) is 0 Å². The van der Waals surface area contributed by atoms with Gasteiger partial charge >= 0.3 is 17.9 Å². The van der Waals surface area contributed by atoms with Crippen LogP contribution < -0.4 is 0 Å². The van der Waals surface area contributed by atoms with Gasteiger partial charge in [0, 0.05) is 19.3 Å². The summed E-state index contributed by atoms with van der Waals surface area (Å²) in [5, 5.41) is 0. The van der Waals surface area contributed by atoms with E-state index in [1.165, 1.54) is 289 Å². The molecule has 0 heterocycles. The third-order valence-corrected chi connectivity index (χ3v) is 15.5. The highest BCUT2D eigenvalue weighted by Gasteiger charge is 2.19. The molecular formula is C68H130O6. The van der Waals surface area contributed by atoms with Crippen molar-refractivity contribution in [3.8, 4) is 0 Å². The van der Waals surface area contributed by atoms with Crippen molar-refractivity contribution in [2.75, 3.05) is 13.2 Å². The SMILES string of the molecule is CCCCCCCCCC/C=C\CCCCCCCCCCCCCC(=O)OC(COC(=O)CCCCCCCCCC)COC(=O)CCCCCCCCCCCCCCCCCCCCCCCCCCC. The minimum absolute atomic E-state index is 0.0640. The number of rotatable bonds is 63. The third-order valence-electron chi connectivity index (χ3n) is 15.5. The summed E-state index contributed by atoms with van der Waals surface area (Å²) in [6.07, 6.45) is 75.4. The topological polar surface area (TPSA) is 78.9 Å². The Kier molecular flexibility index (Phi) is 62.1. The smallest absolute Gasteiger partial charge is 0.306 e. The lowest BCUT2D eigenvalue weighted by Gasteiger charge is -2.18. The highest BCUT2D eigenvalue weighted by Crippen LogP contribution is 2.19. The van der Waals surface area contributed by atoms with Gasteiger partial charge in [-0.2, -0.15) is 0 Å². The summed E-state index contributed by atoms with van der Waals surface area (Å²) in [7, 11) is 0. The highest BCUT2D eigenvalue weighted by molar-refractivity contribution is 5.71. The molecular weight excluding hydrogens is 913 g/mol. The molecule has 0 saturated carbocycles. The lowest BCUT2D eigenvalue weighted by molar-refractivity contribution is -0.167. The molecule has 0 aliphatic heterocycles. The molecule has 0 rings (SSSR count). The molecule has 438 valence electrons. The maximum absolute atomic E-state index is 12.9. The van der Waals surface area contributed by atoms with E-state index in [-0.39, 0.29) is 31.1 Å². The first-order valence-corrected chi connectivity index (χ1v) is 33.7. The van der Waals surface area contributed by atoms with Crippen LogP contribution in [0.2, 0.25) is 0 Å². The normalized spacial score (nSPS) is 12.0. The maximum Gasteiger partial charge on any atom is 0.306 e. The van der Waals surface area contributed by atoms with Crippen LogP contribution in [0.1, 0.15) is 387 Å². The molecule has 0 N–H and O–H groups in total. The van der Waals surface area contributed by atoms with Gasteiger partial charge < -0.3 is 14.2 Å². The number of allylic oxidation sites excluding steroid dienone is 2. The molecule has 0 spiro atoms. The van der Waals surface area contributed by atoms with Gasteiger partial charge in [-0.25, -0.2) is 0 Å². The zero-order valence-electron chi connectivity index (χ0n) is 50.4. The number of carbonyl (C=O) groups is 3. The molecule has 6 heteroatoms. The molecule has 1 atom stereocenters. The van der Waals surface area contributed by atoms with Crippen LogP contribution >= 0.6 is 0 Å². The van der Waals surface area contributed by atoms with Crippen molar-refractivity contribution in [3.63, 3.8) is 0 Å². The summed E-state index contributed by atoms with van der Waals surface area (Å²) < 4.78 is 16.9. The molecule has 0 aromatic heterocycles. The van der Waals surface area contributed by atoms with Gasteiger partial charge in [0.1, 0.15) is 13.2 Å². The number of hydrogen-bond donors (Lipinski definition) is 0. The lowest BCUT2D eigenvalue weighted by atomic mass is 10.0. The largest absolute Gasteiger partial charge is 0.462 e. The van der Waals surface area contributed by atoms with Crippen LogP contribution in [0.3, 0.4) is 0 Å². The van der Waals surface area contributed by atoms with E-state index in [1.807, 2.05) is 0 Å². The van der Waals surface area contributed by atoms with Crippen LogP contribution in [0, 0.1) is 0 Å². The van der Waals surface area contributed by atoms with Crippen LogP contribution in [-0.2, 0) is 28.6 Å². The molecule has 0 fully saturated rings. The Morgan fingerprint density at radius 2 is 0.446 bits per heavy atom. The van der Waals surface area contributed by atoms with Crippen molar-refractivity contribution in [3.05, 3.63) is 12.2 Å². The van der Waals surface area contributed by atoms with E-state index in [0.29, 0.717) is 19.3 Å². The molecule has 0 radical (unpaired) electrons. The van der Waals surface area contributed by atoms with Crippen LogP contribution in [0.4, 0.5) is 0 Å². The number of unbranched alkanes of at least 4 members (excludes halogenated alkanes) is 50. The Balaban J connectivity index is 4.08. The molecule has 0 aromatic rings. The molecule has 0 aromatic carbocycles. The van der Waals surface area contributed by atoms with Crippen LogP contribution in [0.15, 0.2) is 12.2 Å². The van der Waals surface area contributed by atoms with Gasteiger partial charge in [0.25, 0.3) is 0 Å². The molecule has 1 unspecified atom stereocenters. The monoisotopic (exact) mass is 1040 g/mol. The van der Waals surface area contributed by atoms with Gasteiger partial charge in [0.2, 0.25) is 0 Å². The van der Waals surface area contributed by atoms with E-state index in [0.717, 1.165) is 57.8 Å². The van der Waals surface area contributed by atoms with Gasteiger partial charge in [-0.1, -0.05) is 335 Å². The van der Waals surface area contributed by atoms with Crippen molar-refractivity contribution in [2.24, 2.45) is 0 Å². The summed E-state index contributed by atoms with van der Waals surface area (Å²) in [4.78, 5) is 38.2. The fourth-order valence-corrected chi connectivity index (χ4v) is 10.4. The van der Waals surface area contributed by atoms with Crippen molar-refractivity contribution in [1.29, 1.82) is 0 Å². The summed E-state index contributed by atoms with van der Waals surface area (Å²) in [6, 6.07) is 0. The Morgan fingerprint density at radius 1 is 0.257 bits per heavy atom. The summed E-state index contributed by atoms with van der Waals surface area (Å²) in [5.41, 5.74) is 0. The van der Waals surface area contributed by atoms with Crippen LogP contribution in [-0.4, -0.2) is 37.2 Å². The van der Waals surface area contributed by atoms with Crippen molar-refractivity contribution >= 4 is 17.9 Å². The predicted octanol–water partition coefficient (Wildman–Crippen LogP) is 22.8. The van der Waals surface area contributed by atoms with Gasteiger partial charge in [-0.05, 0) is 44.9 Å². The van der Waals surface area contributed by atoms with Gasteiger partial charge in [0.15, 0.2) is 6.10 Å². The summed E-state index contributed by atoms with van der Waals surface area (Å²) >= 11 is 0. The van der Waals surface area contributed by atoms with E-state index < -0.39 is 6.10 Å². The Labute approximate surface area is 462 Å². The zero-order chi connectivity index (χ0) is 53.6. The maximum atomic E-state index is 12.9. The van der Waals surface area contributed by atoms with E-state index in [2.05, 4.69) is 32.9 Å². The molecule has 0 aliphatic rings. The van der Waals surface area contributed by atoms with E-state index in [9.17, 15) is 14.4 Å². The minimum Gasteiger partial charge on any atom is -0.462 e. The van der Waals surface area contributed by atoms with Gasteiger partial charge in [-0.3, -0.25) is 14.4 Å². The molecule has 0 saturated heterocycles. The fraction of sp³-hybridized carbons (Fsp3) is 0.926. The fourth-order valence-electron chi connectivity index (χ4n) is 10.4. The number of esters is 3. The first-order chi connectivity index (χ1) is 36.5. The average molecular weight is 1040 g/mol. The second kappa shape index (κ2) is 63.7. The molecule has 0 aliphatic carbocycles. The molecule has 0 amide bonds. The third kappa shape index (κ3) is 61.0. The predicted molar refractivity (Wildman–Crippen MR) is 321 cm³/mol. The van der Waals surface area contributed by atoms with E-state index >= 15 is 0 Å². The Bertz CT molecular complexity index is 1150. The zero-order valence-corrected chi connectivity index (χ0v) is 50.4. The first-order valence-electron chi connectivity index (χ1n) is 33.7. The molecule has 6 nitrogen and oxygen atoms in total. The van der Waals surface area contributed by atoms with Gasteiger partial charge in [-0.15, -0.1) is 0 Å². The number of ether oxygens (including phenoxy) is 3. The number of hydrogen-bond acceptors (Lipinski definition) is 6. The second-order valence-corrected chi connectivity index (χ2v) is 23.1. The van der Waals surface area contributed by atoms with E-state index in [4.69, 9.17) is 14.2 Å². The molecule has 74 heavy (non-hydrogen) atoms. The van der Waals surface area contributed by atoms with Crippen LogP contribution in [0.5, 0.6) is 0 Å². The average Bonchev–Trinajstić information content (AvgIpc) is 3.40. The second-order valence-electron chi connectivity index (χ2n) is 23.1. The number of carbonyl (C=O) groups excluding carboxylic acids is 3. The van der Waals surface area contributed by atoms with Crippen molar-refractivity contribution < 1.29 is 28.6 Å². The quantitative estimate of drug-likeness (QED) is 0.0261. The van der Waals surface area contributed by atoms with E-state index in [1.54, 1.807) is 0 Å². The summed E-state index contributed by atoms with van der Waals surface area (Å²) in [6.45, 7) is 6.69. The highest BCUT2D eigenvalue weighted by atomic mass is 16.6. The van der Waals surface area contributed by atoms with Crippen molar-refractivity contribution in [2.45, 2.75) is 393 Å². The standard InChI is InChI=1S/C68H130O6/c1-4-7-10-13-16-19-21-23-25-27-29-31-33-34-36-37-39-41-43-45-47-49-52-55-58-61-67(70)73-64-65(63-72-66(69)60-57-54-51-18-15-12-9-6-3)74-68(71)62-59-56-53-50-48-46-44-42-40-38-35-32-30-28-26-24-22-20-17-14-11-8-5-2/h28,30,65H,4-27,29,31-64H2,1-3H3/b30-28-. The first kappa shape index (κ1) is 72.2. The van der Waals surface area contributed by atoms with Crippen molar-refractivity contribution in [1.82, 2.24) is 0 Å². The summed E-state index contributed by atoms with van der Waals surface area (Å²) in [5.74, 6) is -0.840. The Morgan fingerprint density at radius 3 is 0.676 bits per heavy atom. The Hall–Kier alpha value is -1.85. The lowest BCUT2D eigenvalue weighted by Crippen LogP contribution is -2.30. The minimum atomic E-state index is -0.765.